The molecular formula is C6H12ClNO2. The predicted octanol–water partition coefficient (Wildman–Crippen LogP) is 0.958. The average Bonchev–Trinajstić information content (AvgIpc) is 1.63. The van der Waals surface area contributed by atoms with Gasteiger partial charge in [0.25, 0.3) is 0 Å². The van der Waals surface area contributed by atoms with Crippen molar-refractivity contribution in [2.45, 2.75) is 6.42 Å². The summed E-state index contributed by atoms with van der Waals surface area (Å²) in [5.74, 6) is -0.798. The maximum atomic E-state index is 9.91. The molecule has 0 aromatic carbocycles. The molecule has 0 rings (SSSR count). The third kappa shape index (κ3) is 10.3. The first-order valence-electron chi connectivity index (χ1n) is 2.68. The third-order valence-corrected chi connectivity index (χ3v) is 0.696. The SMILES string of the molecule is CN(C)/C=C/CC(=O)O.Cl. The van der Waals surface area contributed by atoms with Crippen LogP contribution in [0.4, 0.5) is 0 Å². The Morgan fingerprint density at radius 2 is 2.10 bits per heavy atom. The van der Waals surface area contributed by atoms with E-state index in [0.717, 1.165) is 0 Å². The lowest BCUT2D eigenvalue weighted by Crippen LogP contribution is -2.00. The normalized spacial score (nSPS) is 9.00. The van der Waals surface area contributed by atoms with Gasteiger partial charge in [-0.05, 0) is 6.20 Å². The summed E-state index contributed by atoms with van der Waals surface area (Å²) in [6, 6.07) is 0. The van der Waals surface area contributed by atoms with Crippen molar-refractivity contribution in [2.75, 3.05) is 14.1 Å². The van der Waals surface area contributed by atoms with Gasteiger partial charge in [-0.25, -0.2) is 0 Å². The maximum Gasteiger partial charge on any atom is 0.307 e. The maximum absolute atomic E-state index is 9.91. The van der Waals surface area contributed by atoms with Crippen LogP contribution in [0.1, 0.15) is 6.42 Å². The first-order chi connectivity index (χ1) is 4.13. The van der Waals surface area contributed by atoms with Gasteiger partial charge in [0.05, 0.1) is 6.42 Å². The van der Waals surface area contributed by atoms with Crippen LogP contribution in [0.25, 0.3) is 0 Å². The van der Waals surface area contributed by atoms with Crippen molar-refractivity contribution in [3.63, 3.8) is 0 Å². The summed E-state index contributed by atoms with van der Waals surface area (Å²) in [6.07, 6.45) is 3.41. The highest BCUT2D eigenvalue weighted by Crippen LogP contribution is 1.83. The second-order valence-corrected chi connectivity index (χ2v) is 1.95. The standard InChI is InChI=1S/C6H11NO2.ClH/c1-7(2)5-3-4-6(8)9;/h3,5H,4H2,1-2H3,(H,8,9);1H/b5-3+;. The van der Waals surface area contributed by atoms with Crippen LogP contribution < -0.4 is 0 Å². The Kier molecular flexibility index (Phi) is 7.72. The fourth-order valence-electron chi connectivity index (χ4n) is 0.364. The van der Waals surface area contributed by atoms with Gasteiger partial charge >= 0.3 is 5.97 Å². The zero-order valence-electron chi connectivity index (χ0n) is 6.07. The van der Waals surface area contributed by atoms with Gasteiger partial charge in [0.15, 0.2) is 0 Å². The van der Waals surface area contributed by atoms with Crippen molar-refractivity contribution < 1.29 is 9.90 Å². The Morgan fingerprint density at radius 1 is 1.60 bits per heavy atom. The number of rotatable bonds is 3. The van der Waals surface area contributed by atoms with Crippen LogP contribution in [0, 0.1) is 0 Å². The number of hydrogen-bond donors (Lipinski definition) is 1. The molecule has 3 nitrogen and oxygen atoms in total. The summed E-state index contributed by atoms with van der Waals surface area (Å²) >= 11 is 0. The largest absolute Gasteiger partial charge is 0.481 e. The Balaban J connectivity index is 0. The number of carboxylic acids is 1. The van der Waals surface area contributed by atoms with E-state index in [1.807, 2.05) is 14.1 Å². The second kappa shape index (κ2) is 6.42. The zero-order chi connectivity index (χ0) is 7.28. The van der Waals surface area contributed by atoms with Gasteiger partial charge in [0.2, 0.25) is 0 Å². The topological polar surface area (TPSA) is 40.5 Å². The lowest BCUT2D eigenvalue weighted by molar-refractivity contribution is -0.136. The molecule has 0 radical (unpaired) electrons. The lowest BCUT2D eigenvalue weighted by Gasteiger charge is -2.01. The molecule has 10 heavy (non-hydrogen) atoms. The van der Waals surface area contributed by atoms with Gasteiger partial charge in [0.1, 0.15) is 0 Å². The predicted molar refractivity (Wildman–Crippen MR) is 42.3 cm³/mol. The van der Waals surface area contributed by atoms with Crippen molar-refractivity contribution in [3.05, 3.63) is 12.3 Å². The summed E-state index contributed by atoms with van der Waals surface area (Å²) in [5, 5.41) is 8.16. The molecule has 0 saturated heterocycles. The van der Waals surface area contributed by atoms with E-state index in [2.05, 4.69) is 0 Å². The van der Waals surface area contributed by atoms with E-state index in [9.17, 15) is 4.79 Å². The minimum Gasteiger partial charge on any atom is -0.481 e. The van der Waals surface area contributed by atoms with Gasteiger partial charge in [-0.15, -0.1) is 12.4 Å². The first-order valence-corrected chi connectivity index (χ1v) is 2.68. The van der Waals surface area contributed by atoms with Gasteiger partial charge < -0.3 is 10.0 Å². The van der Waals surface area contributed by atoms with Crippen molar-refractivity contribution in [3.8, 4) is 0 Å². The fraction of sp³-hybridized carbons (Fsp3) is 0.500. The summed E-state index contributed by atoms with van der Waals surface area (Å²) in [6.45, 7) is 0. The molecule has 0 amide bonds. The molecule has 0 fully saturated rings. The number of nitrogens with zero attached hydrogens (tertiary/aromatic N) is 1. The molecule has 0 aromatic rings. The fourth-order valence-corrected chi connectivity index (χ4v) is 0.364. The number of carbonyl (C=O) groups is 1. The van der Waals surface area contributed by atoms with E-state index in [1.54, 1.807) is 17.2 Å². The number of carboxylic acid groups (broad SMARTS) is 1. The highest BCUT2D eigenvalue weighted by Gasteiger charge is 1.87. The van der Waals surface area contributed by atoms with E-state index < -0.39 is 5.97 Å². The first kappa shape index (κ1) is 12.0. The molecule has 0 aromatic heterocycles. The molecule has 60 valence electrons. The molecular weight excluding hydrogens is 154 g/mol. The van der Waals surface area contributed by atoms with Crippen LogP contribution in [-0.2, 0) is 4.79 Å². The molecule has 0 unspecified atom stereocenters. The molecule has 0 aliphatic heterocycles. The monoisotopic (exact) mass is 165 g/mol. The van der Waals surface area contributed by atoms with Crippen LogP contribution in [-0.4, -0.2) is 30.1 Å². The van der Waals surface area contributed by atoms with Gasteiger partial charge in [0, 0.05) is 14.1 Å². The van der Waals surface area contributed by atoms with Gasteiger partial charge in [-0.3, -0.25) is 4.79 Å². The van der Waals surface area contributed by atoms with E-state index in [-0.39, 0.29) is 18.8 Å². The summed E-state index contributed by atoms with van der Waals surface area (Å²) in [4.78, 5) is 11.7. The molecule has 0 atom stereocenters. The Hall–Kier alpha value is -0.700. The summed E-state index contributed by atoms with van der Waals surface area (Å²) < 4.78 is 0. The van der Waals surface area contributed by atoms with Crippen LogP contribution in [0.15, 0.2) is 12.3 Å². The average molecular weight is 166 g/mol. The highest BCUT2D eigenvalue weighted by atomic mass is 35.5. The second-order valence-electron chi connectivity index (χ2n) is 1.95. The molecule has 0 aliphatic carbocycles. The van der Waals surface area contributed by atoms with E-state index in [0.29, 0.717) is 0 Å². The molecule has 4 heteroatoms. The van der Waals surface area contributed by atoms with E-state index in [4.69, 9.17) is 5.11 Å². The Morgan fingerprint density at radius 3 is 2.40 bits per heavy atom. The van der Waals surface area contributed by atoms with Gasteiger partial charge in [-0.1, -0.05) is 6.08 Å². The van der Waals surface area contributed by atoms with Crippen molar-refractivity contribution >= 4 is 18.4 Å². The number of halogens is 1. The van der Waals surface area contributed by atoms with Crippen LogP contribution in [0.2, 0.25) is 0 Å². The molecule has 0 spiro atoms. The molecule has 1 N–H and O–H groups in total. The minimum absolute atomic E-state index is 0. The Bertz CT molecular complexity index is 123. The molecule has 0 aliphatic rings. The molecule has 0 saturated carbocycles. The molecule has 0 bridgehead atoms. The lowest BCUT2D eigenvalue weighted by atomic mass is 10.4. The highest BCUT2D eigenvalue weighted by molar-refractivity contribution is 5.85. The summed E-state index contributed by atoms with van der Waals surface area (Å²) in [7, 11) is 3.69. The van der Waals surface area contributed by atoms with Crippen LogP contribution in [0.3, 0.4) is 0 Å². The van der Waals surface area contributed by atoms with Gasteiger partial charge in [-0.2, -0.15) is 0 Å². The molecule has 0 heterocycles. The van der Waals surface area contributed by atoms with Crippen molar-refractivity contribution in [1.82, 2.24) is 4.90 Å². The quantitative estimate of drug-likeness (QED) is 0.677. The Labute approximate surface area is 66.7 Å². The smallest absolute Gasteiger partial charge is 0.307 e. The van der Waals surface area contributed by atoms with Crippen molar-refractivity contribution in [2.24, 2.45) is 0 Å². The number of aliphatic carboxylic acids is 1. The summed E-state index contributed by atoms with van der Waals surface area (Å²) in [5.41, 5.74) is 0. The van der Waals surface area contributed by atoms with Crippen molar-refractivity contribution in [1.29, 1.82) is 0 Å². The van der Waals surface area contributed by atoms with E-state index >= 15 is 0 Å². The zero-order valence-corrected chi connectivity index (χ0v) is 6.89. The minimum atomic E-state index is -0.798. The number of hydrogen-bond acceptors (Lipinski definition) is 2. The van der Waals surface area contributed by atoms with Crippen LogP contribution in [0.5, 0.6) is 0 Å². The third-order valence-electron chi connectivity index (χ3n) is 0.696. The van der Waals surface area contributed by atoms with E-state index in [1.165, 1.54) is 0 Å². The van der Waals surface area contributed by atoms with Crippen LogP contribution >= 0.6 is 12.4 Å².